The van der Waals surface area contributed by atoms with Crippen molar-refractivity contribution in [3.63, 3.8) is 0 Å². The van der Waals surface area contributed by atoms with Gasteiger partial charge in [0.1, 0.15) is 0 Å². The molecule has 1 aromatic rings. The molecule has 6 nitrogen and oxygen atoms in total. The standard InChI is InChI=1S/C18H28N4O2/c1-12(2)20-18(24)21-15-9-7-13(8-10-15)17(23)22-16-6-4-3-5-14(16)11-19/h7-10,12,14,16H,3-6,11,19H2,1-2H3,(H,22,23)(H2,20,21,24). The second-order valence-corrected chi connectivity index (χ2v) is 6.69. The van der Waals surface area contributed by atoms with E-state index in [1.54, 1.807) is 24.3 Å². The fourth-order valence-electron chi connectivity index (χ4n) is 3.07. The van der Waals surface area contributed by atoms with Gasteiger partial charge in [-0.15, -0.1) is 0 Å². The van der Waals surface area contributed by atoms with Crippen LogP contribution < -0.4 is 21.7 Å². The first-order valence-corrected chi connectivity index (χ1v) is 8.68. The predicted octanol–water partition coefficient (Wildman–Crippen LogP) is 2.46. The third-order valence-electron chi connectivity index (χ3n) is 4.35. The highest BCUT2D eigenvalue weighted by Crippen LogP contribution is 2.24. The quantitative estimate of drug-likeness (QED) is 0.667. The Hall–Kier alpha value is -2.08. The molecule has 0 radical (unpaired) electrons. The van der Waals surface area contributed by atoms with Crippen molar-refractivity contribution < 1.29 is 9.59 Å². The Kier molecular flexibility index (Phi) is 6.61. The Bertz CT molecular complexity index is 557. The fourth-order valence-corrected chi connectivity index (χ4v) is 3.07. The zero-order valence-electron chi connectivity index (χ0n) is 14.5. The molecule has 132 valence electrons. The first-order valence-electron chi connectivity index (χ1n) is 8.68. The SMILES string of the molecule is CC(C)NC(=O)Nc1ccc(C(=O)NC2CCCCC2CN)cc1. The molecule has 0 saturated heterocycles. The minimum atomic E-state index is -0.254. The fraction of sp³-hybridized carbons (Fsp3) is 0.556. The molecule has 0 spiro atoms. The van der Waals surface area contributed by atoms with Crippen LogP contribution in [0.5, 0.6) is 0 Å². The van der Waals surface area contributed by atoms with Crippen molar-refractivity contribution in [3.05, 3.63) is 29.8 Å². The van der Waals surface area contributed by atoms with Gasteiger partial charge in [0.2, 0.25) is 0 Å². The molecule has 0 aliphatic heterocycles. The summed E-state index contributed by atoms with van der Waals surface area (Å²) in [4.78, 5) is 24.1. The molecule has 0 heterocycles. The maximum absolute atomic E-state index is 12.4. The van der Waals surface area contributed by atoms with Crippen LogP contribution in [-0.2, 0) is 0 Å². The van der Waals surface area contributed by atoms with Gasteiger partial charge in [0.25, 0.3) is 5.91 Å². The Balaban J connectivity index is 1.92. The maximum Gasteiger partial charge on any atom is 0.319 e. The van der Waals surface area contributed by atoms with Crippen LogP contribution in [0, 0.1) is 5.92 Å². The summed E-state index contributed by atoms with van der Waals surface area (Å²) in [5, 5.41) is 8.60. The second kappa shape index (κ2) is 8.68. The number of nitrogens with one attached hydrogen (secondary N) is 3. The largest absolute Gasteiger partial charge is 0.349 e. The summed E-state index contributed by atoms with van der Waals surface area (Å²) in [6.07, 6.45) is 4.39. The molecule has 24 heavy (non-hydrogen) atoms. The Morgan fingerprint density at radius 1 is 1.17 bits per heavy atom. The molecule has 1 saturated carbocycles. The number of amides is 3. The van der Waals surface area contributed by atoms with E-state index in [9.17, 15) is 9.59 Å². The van der Waals surface area contributed by atoms with Gasteiger partial charge in [-0.3, -0.25) is 4.79 Å². The highest BCUT2D eigenvalue weighted by atomic mass is 16.2. The van der Waals surface area contributed by atoms with Gasteiger partial charge in [0, 0.05) is 23.3 Å². The minimum absolute atomic E-state index is 0.0704. The van der Waals surface area contributed by atoms with E-state index in [1.807, 2.05) is 13.8 Å². The number of carbonyl (C=O) groups excluding carboxylic acids is 2. The van der Waals surface area contributed by atoms with Crippen LogP contribution in [0.4, 0.5) is 10.5 Å². The number of hydrogen-bond donors (Lipinski definition) is 4. The van der Waals surface area contributed by atoms with Crippen LogP contribution in [0.25, 0.3) is 0 Å². The average Bonchev–Trinajstić information content (AvgIpc) is 2.55. The van der Waals surface area contributed by atoms with E-state index < -0.39 is 0 Å². The lowest BCUT2D eigenvalue weighted by atomic mass is 9.84. The van der Waals surface area contributed by atoms with Crippen molar-refractivity contribution in [1.29, 1.82) is 0 Å². The molecule has 5 N–H and O–H groups in total. The van der Waals surface area contributed by atoms with E-state index in [-0.39, 0.29) is 24.0 Å². The lowest BCUT2D eigenvalue weighted by Crippen LogP contribution is -2.44. The van der Waals surface area contributed by atoms with E-state index in [2.05, 4.69) is 16.0 Å². The summed E-state index contributed by atoms with van der Waals surface area (Å²) in [7, 11) is 0. The van der Waals surface area contributed by atoms with Crippen LogP contribution in [0.3, 0.4) is 0 Å². The molecule has 0 aromatic heterocycles. The molecule has 3 amide bonds. The maximum atomic E-state index is 12.4. The zero-order valence-corrected chi connectivity index (χ0v) is 14.5. The van der Waals surface area contributed by atoms with Crippen LogP contribution in [0.15, 0.2) is 24.3 Å². The monoisotopic (exact) mass is 332 g/mol. The number of nitrogens with two attached hydrogens (primary N) is 1. The summed E-state index contributed by atoms with van der Waals surface area (Å²) in [6, 6.07) is 6.88. The van der Waals surface area contributed by atoms with Gasteiger partial charge < -0.3 is 21.7 Å². The van der Waals surface area contributed by atoms with E-state index in [0.29, 0.717) is 23.7 Å². The van der Waals surface area contributed by atoms with E-state index >= 15 is 0 Å². The minimum Gasteiger partial charge on any atom is -0.349 e. The average molecular weight is 332 g/mol. The number of carbonyl (C=O) groups is 2. The Morgan fingerprint density at radius 2 is 1.83 bits per heavy atom. The molecule has 1 aliphatic rings. The highest BCUT2D eigenvalue weighted by molar-refractivity contribution is 5.95. The second-order valence-electron chi connectivity index (χ2n) is 6.69. The molecule has 2 unspecified atom stereocenters. The van der Waals surface area contributed by atoms with Crippen molar-refractivity contribution in [1.82, 2.24) is 10.6 Å². The van der Waals surface area contributed by atoms with Gasteiger partial charge in [-0.05, 0) is 63.4 Å². The normalized spacial score (nSPS) is 20.5. The Morgan fingerprint density at radius 3 is 2.46 bits per heavy atom. The highest BCUT2D eigenvalue weighted by Gasteiger charge is 2.25. The third-order valence-corrected chi connectivity index (χ3v) is 4.35. The van der Waals surface area contributed by atoms with Gasteiger partial charge in [-0.25, -0.2) is 4.79 Å². The van der Waals surface area contributed by atoms with Gasteiger partial charge >= 0.3 is 6.03 Å². The lowest BCUT2D eigenvalue weighted by molar-refractivity contribution is 0.0908. The smallest absolute Gasteiger partial charge is 0.319 e. The summed E-state index contributed by atoms with van der Waals surface area (Å²) < 4.78 is 0. The molecule has 6 heteroatoms. The van der Waals surface area contributed by atoms with Gasteiger partial charge in [-0.2, -0.15) is 0 Å². The molecule has 0 bridgehead atoms. The number of benzene rings is 1. The molecule has 1 aliphatic carbocycles. The molecular formula is C18H28N4O2. The molecular weight excluding hydrogens is 304 g/mol. The van der Waals surface area contributed by atoms with Crippen molar-refractivity contribution >= 4 is 17.6 Å². The van der Waals surface area contributed by atoms with Crippen molar-refractivity contribution in [3.8, 4) is 0 Å². The zero-order chi connectivity index (χ0) is 17.5. The first kappa shape index (κ1) is 18.3. The van der Waals surface area contributed by atoms with Gasteiger partial charge in [0.05, 0.1) is 0 Å². The summed E-state index contributed by atoms with van der Waals surface area (Å²) in [5.74, 6) is 0.280. The number of rotatable bonds is 5. The molecule has 1 aromatic carbocycles. The predicted molar refractivity (Wildman–Crippen MR) is 96.0 cm³/mol. The molecule has 2 rings (SSSR count). The van der Waals surface area contributed by atoms with Crippen LogP contribution in [0.2, 0.25) is 0 Å². The van der Waals surface area contributed by atoms with Crippen LogP contribution in [-0.4, -0.2) is 30.6 Å². The van der Waals surface area contributed by atoms with Crippen molar-refractivity contribution in [2.45, 2.75) is 51.6 Å². The van der Waals surface area contributed by atoms with Gasteiger partial charge in [-0.1, -0.05) is 12.8 Å². The topological polar surface area (TPSA) is 96.2 Å². The Labute approximate surface area is 143 Å². The lowest BCUT2D eigenvalue weighted by Gasteiger charge is -2.31. The molecule has 2 atom stereocenters. The first-order chi connectivity index (χ1) is 11.5. The third kappa shape index (κ3) is 5.23. The molecule has 1 fully saturated rings. The van der Waals surface area contributed by atoms with Crippen molar-refractivity contribution in [2.75, 3.05) is 11.9 Å². The van der Waals surface area contributed by atoms with E-state index in [0.717, 1.165) is 19.3 Å². The number of hydrogen-bond acceptors (Lipinski definition) is 3. The van der Waals surface area contributed by atoms with E-state index in [4.69, 9.17) is 5.73 Å². The number of urea groups is 1. The number of anilines is 1. The van der Waals surface area contributed by atoms with Crippen LogP contribution >= 0.6 is 0 Å². The van der Waals surface area contributed by atoms with Gasteiger partial charge in [0.15, 0.2) is 0 Å². The van der Waals surface area contributed by atoms with Crippen LogP contribution in [0.1, 0.15) is 49.9 Å². The summed E-state index contributed by atoms with van der Waals surface area (Å²) in [5.41, 5.74) is 7.06. The summed E-state index contributed by atoms with van der Waals surface area (Å²) >= 11 is 0. The van der Waals surface area contributed by atoms with E-state index in [1.165, 1.54) is 6.42 Å². The van der Waals surface area contributed by atoms with Crippen molar-refractivity contribution in [2.24, 2.45) is 11.7 Å². The summed E-state index contributed by atoms with van der Waals surface area (Å²) in [6.45, 7) is 4.40.